The lowest BCUT2D eigenvalue weighted by molar-refractivity contribution is -0.141. The molecule has 1 fully saturated rings. The topological polar surface area (TPSA) is 71.2 Å². The first-order valence-electron chi connectivity index (χ1n) is 7.81. The van der Waals surface area contributed by atoms with Gasteiger partial charge in [-0.1, -0.05) is 0 Å². The molecule has 0 spiro atoms. The summed E-state index contributed by atoms with van der Waals surface area (Å²) in [6, 6.07) is 1.34. The summed E-state index contributed by atoms with van der Waals surface area (Å²) in [6.45, 7) is -0.366. The van der Waals surface area contributed by atoms with E-state index in [0.717, 1.165) is 4.68 Å². The molecular formula is C15H16BrF3N4O2. The van der Waals surface area contributed by atoms with E-state index in [0.29, 0.717) is 37.7 Å². The van der Waals surface area contributed by atoms with Crippen LogP contribution >= 0.6 is 15.9 Å². The van der Waals surface area contributed by atoms with Crippen LogP contribution in [-0.4, -0.2) is 56.0 Å². The molecule has 10 heteroatoms. The van der Waals surface area contributed by atoms with Crippen molar-refractivity contribution < 1.29 is 23.1 Å². The molecule has 3 rings (SSSR count). The zero-order valence-electron chi connectivity index (χ0n) is 13.1. The third kappa shape index (κ3) is 4.12. The van der Waals surface area contributed by atoms with Crippen molar-refractivity contribution >= 4 is 32.7 Å². The number of aromatic nitrogens is 3. The number of likely N-dealkylation sites (tertiary alicyclic amines) is 1. The van der Waals surface area contributed by atoms with Gasteiger partial charge < -0.3 is 10.0 Å². The van der Waals surface area contributed by atoms with Gasteiger partial charge in [-0.05, 0) is 41.3 Å². The number of pyridine rings is 1. The van der Waals surface area contributed by atoms with E-state index < -0.39 is 18.8 Å². The number of hydrogen-bond acceptors (Lipinski definition) is 4. The average Bonchev–Trinajstić information content (AvgIpc) is 2.70. The van der Waals surface area contributed by atoms with Crippen LogP contribution in [0, 0.1) is 0 Å². The van der Waals surface area contributed by atoms with Crippen LogP contribution in [0.2, 0.25) is 0 Å². The van der Waals surface area contributed by atoms with E-state index in [1.807, 2.05) is 0 Å². The third-order valence-electron chi connectivity index (χ3n) is 4.12. The Morgan fingerprint density at radius 2 is 2.12 bits per heavy atom. The van der Waals surface area contributed by atoms with Crippen molar-refractivity contribution in [2.24, 2.45) is 0 Å². The first-order valence-corrected chi connectivity index (χ1v) is 8.60. The Morgan fingerprint density at radius 1 is 1.36 bits per heavy atom. The fourth-order valence-corrected chi connectivity index (χ4v) is 3.38. The second-order valence-corrected chi connectivity index (χ2v) is 6.78. The number of aliphatic hydroxyl groups excluding tert-OH is 1. The van der Waals surface area contributed by atoms with Gasteiger partial charge in [0.05, 0.1) is 17.0 Å². The lowest BCUT2D eigenvalue weighted by Gasteiger charge is -2.19. The highest BCUT2D eigenvalue weighted by molar-refractivity contribution is 9.10. The maximum Gasteiger partial charge on any atom is 0.408 e. The van der Waals surface area contributed by atoms with Crippen molar-refractivity contribution in [2.45, 2.75) is 38.1 Å². The van der Waals surface area contributed by atoms with Gasteiger partial charge >= 0.3 is 6.18 Å². The molecule has 0 saturated carbocycles. The number of carbonyl (C=O) groups is 1. The predicted molar refractivity (Wildman–Crippen MR) is 87.0 cm³/mol. The quantitative estimate of drug-likeness (QED) is 0.810. The Hall–Kier alpha value is -1.68. The number of aliphatic hydroxyl groups is 1. The van der Waals surface area contributed by atoms with Crippen molar-refractivity contribution in [3.8, 4) is 0 Å². The van der Waals surface area contributed by atoms with Crippen LogP contribution in [0.15, 0.2) is 16.9 Å². The summed E-state index contributed by atoms with van der Waals surface area (Å²) in [5, 5.41) is 13.9. The lowest BCUT2D eigenvalue weighted by Crippen LogP contribution is -2.32. The number of alkyl halides is 3. The fraction of sp³-hybridized carbons (Fsp3) is 0.533. The Bertz CT molecular complexity index is 793. The van der Waals surface area contributed by atoms with Crippen molar-refractivity contribution in [3.63, 3.8) is 0 Å². The van der Waals surface area contributed by atoms with E-state index in [4.69, 9.17) is 0 Å². The molecule has 0 bridgehead atoms. The molecule has 2 aromatic heterocycles. The molecule has 1 saturated heterocycles. The molecule has 2 aromatic rings. The van der Waals surface area contributed by atoms with E-state index in [1.54, 1.807) is 4.90 Å². The summed E-state index contributed by atoms with van der Waals surface area (Å²) >= 11 is 3.12. The molecule has 25 heavy (non-hydrogen) atoms. The monoisotopic (exact) mass is 420 g/mol. The van der Waals surface area contributed by atoms with Crippen LogP contribution < -0.4 is 0 Å². The van der Waals surface area contributed by atoms with Crippen LogP contribution in [0.1, 0.15) is 29.8 Å². The predicted octanol–water partition coefficient (Wildman–Crippen LogP) is 2.74. The third-order valence-corrected chi connectivity index (χ3v) is 4.71. The second kappa shape index (κ2) is 6.91. The zero-order chi connectivity index (χ0) is 18.2. The number of hydrogen-bond donors (Lipinski definition) is 1. The summed E-state index contributed by atoms with van der Waals surface area (Å²) in [4.78, 5) is 18.3. The molecule has 1 unspecified atom stereocenters. The molecule has 0 aromatic carbocycles. The first kappa shape index (κ1) is 18.1. The van der Waals surface area contributed by atoms with Gasteiger partial charge in [-0.2, -0.15) is 18.3 Å². The molecule has 1 aliphatic rings. The molecule has 1 atom stereocenters. The SMILES string of the molecule is O=C(c1cc2c(cn1)c(Br)nn2CC(F)(F)F)N1CCCC(O)CC1. The van der Waals surface area contributed by atoms with Crippen LogP contribution in [0.25, 0.3) is 10.9 Å². The fourth-order valence-electron chi connectivity index (χ4n) is 2.88. The summed E-state index contributed by atoms with van der Waals surface area (Å²) < 4.78 is 39.2. The van der Waals surface area contributed by atoms with Gasteiger partial charge in [-0.3, -0.25) is 14.5 Å². The molecule has 1 N–H and O–H groups in total. The largest absolute Gasteiger partial charge is 0.408 e. The Morgan fingerprint density at radius 3 is 2.84 bits per heavy atom. The average molecular weight is 421 g/mol. The van der Waals surface area contributed by atoms with E-state index in [-0.39, 0.29) is 21.7 Å². The van der Waals surface area contributed by atoms with Gasteiger partial charge in [0.15, 0.2) is 0 Å². The molecule has 3 heterocycles. The van der Waals surface area contributed by atoms with Gasteiger partial charge in [0, 0.05) is 19.3 Å². The van der Waals surface area contributed by atoms with Crippen molar-refractivity contribution in [1.29, 1.82) is 0 Å². The smallest absolute Gasteiger partial charge is 0.393 e. The Kier molecular flexibility index (Phi) is 5.01. The lowest BCUT2D eigenvalue weighted by atomic mass is 10.2. The van der Waals surface area contributed by atoms with Crippen molar-refractivity contribution in [1.82, 2.24) is 19.7 Å². The molecule has 6 nitrogen and oxygen atoms in total. The molecule has 1 amide bonds. The van der Waals surface area contributed by atoms with E-state index >= 15 is 0 Å². The molecular weight excluding hydrogens is 405 g/mol. The minimum atomic E-state index is -4.42. The summed E-state index contributed by atoms with van der Waals surface area (Å²) in [5.74, 6) is -0.355. The van der Waals surface area contributed by atoms with Crippen LogP contribution in [0.4, 0.5) is 13.2 Å². The summed E-state index contributed by atoms with van der Waals surface area (Å²) in [7, 11) is 0. The number of carbonyl (C=O) groups excluding carboxylic acids is 1. The highest BCUT2D eigenvalue weighted by Gasteiger charge is 2.30. The number of nitrogens with zero attached hydrogens (tertiary/aromatic N) is 4. The van der Waals surface area contributed by atoms with E-state index in [9.17, 15) is 23.1 Å². The molecule has 1 aliphatic heterocycles. The van der Waals surface area contributed by atoms with Gasteiger partial charge in [0.25, 0.3) is 5.91 Å². The van der Waals surface area contributed by atoms with Crippen LogP contribution in [0.3, 0.4) is 0 Å². The highest BCUT2D eigenvalue weighted by Crippen LogP contribution is 2.27. The first-order chi connectivity index (χ1) is 11.7. The minimum Gasteiger partial charge on any atom is -0.393 e. The van der Waals surface area contributed by atoms with Crippen LogP contribution in [-0.2, 0) is 6.54 Å². The number of amides is 1. The van der Waals surface area contributed by atoms with Crippen molar-refractivity contribution in [2.75, 3.05) is 13.1 Å². The minimum absolute atomic E-state index is 0.0692. The zero-order valence-corrected chi connectivity index (χ0v) is 14.7. The van der Waals surface area contributed by atoms with Gasteiger partial charge in [-0.25, -0.2) is 0 Å². The molecule has 136 valence electrons. The summed E-state index contributed by atoms with van der Waals surface area (Å²) in [6.07, 6.45) is -1.73. The summed E-state index contributed by atoms with van der Waals surface area (Å²) in [5.41, 5.74) is 0.261. The Labute approximate surface area is 149 Å². The molecule has 0 radical (unpaired) electrons. The van der Waals surface area contributed by atoms with Crippen molar-refractivity contribution in [3.05, 3.63) is 22.6 Å². The van der Waals surface area contributed by atoms with E-state index in [1.165, 1.54) is 12.3 Å². The number of rotatable bonds is 2. The highest BCUT2D eigenvalue weighted by atomic mass is 79.9. The Balaban J connectivity index is 1.91. The maximum absolute atomic E-state index is 12.7. The maximum atomic E-state index is 12.7. The van der Waals surface area contributed by atoms with Gasteiger partial charge in [0.2, 0.25) is 0 Å². The van der Waals surface area contributed by atoms with E-state index in [2.05, 4.69) is 26.0 Å². The van der Waals surface area contributed by atoms with Gasteiger partial charge in [0.1, 0.15) is 16.8 Å². The normalized spacial score (nSPS) is 19.2. The second-order valence-electron chi connectivity index (χ2n) is 6.03. The number of halogens is 4. The van der Waals surface area contributed by atoms with Crippen LogP contribution in [0.5, 0.6) is 0 Å². The standard InChI is InChI=1S/C15H16BrF3N4O2/c16-13-10-7-20-11(6-12(10)23(21-13)8-15(17,18)19)14(25)22-4-1-2-9(24)3-5-22/h6-7,9,24H,1-5,8H2. The number of fused-ring (bicyclic) bond motifs is 1. The van der Waals surface area contributed by atoms with Gasteiger partial charge in [-0.15, -0.1) is 0 Å². The molecule has 0 aliphatic carbocycles.